The van der Waals surface area contributed by atoms with Crippen LogP contribution in [0.1, 0.15) is 47.4 Å². The molecule has 24 heavy (non-hydrogen) atoms. The molecule has 7 heteroatoms. The van der Waals surface area contributed by atoms with Gasteiger partial charge < -0.3 is 5.32 Å². The quantitative estimate of drug-likeness (QED) is 0.622. The summed E-state index contributed by atoms with van der Waals surface area (Å²) in [5.74, 6) is 1.58. The Morgan fingerprint density at radius 2 is 1.96 bits per heavy atom. The lowest BCUT2D eigenvalue weighted by molar-refractivity contribution is 0.863. The molecule has 0 bridgehead atoms. The Morgan fingerprint density at radius 3 is 2.67 bits per heavy atom. The normalized spacial score (nSPS) is 15.5. The minimum atomic E-state index is 0.106. The van der Waals surface area contributed by atoms with Crippen LogP contribution in [0.5, 0.6) is 0 Å². The van der Waals surface area contributed by atoms with Crippen LogP contribution < -0.4 is 5.32 Å². The van der Waals surface area contributed by atoms with Crippen LogP contribution in [0.15, 0.2) is 24.3 Å². The molecule has 2 heterocycles. The standard InChI is InChI=1S/C17H17ClN4S2/c1-9(19-17-21-15(22-24-17)12-3-4-12)16-20-14(10(2)23-16)11-5-7-13(18)8-6-11/h5-9,12H,3-4H2,1-2H3,(H,19,21,22). The number of benzene rings is 1. The molecule has 0 aliphatic heterocycles. The van der Waals surface area contributed by atoms with Gasteiger partial charge in [0.05, 0.1) is 11.7 Å². The number of nitrogens with one attached hydrogen (secondary N) is 1. The number of nitrogens with zero attached hydrogens (tertiary/aromatic N) is 3. The molecule has 4 rings (SSSR count). The third-order valence-corrected chi connectivity index (χ3v) is 6.09. The van der Waals surface area contributed by atoms with E-state index in [0.717, 1.165) is 32.2 Å². The summed E-state index contributed by atoms with van der Waals surface area (Å²) in [5, 5.41) is 6.11. The number of halogens is 1. The third kappa shape index (κ3) is 3.31. The van der Waals surface area contributed by atoms with Gasteiger partial charge in [-0.1, -0.05) is 23.7 Å². The smallest absolute Gasteiger partial charge is 0.203 e. The summed E-state index contributed by atoms with van der Waals surface area (Å²) in [7, 11) is 0. The highest BCUT2D eigenvalue weighted by Crippen LogP contribution is 2.40. The molecule has 1 unspecified atom stereocenters. The van der Waals surface area contributed by atoms with E-state index in [0.29, 0.717) is 5.92 Å². The number of hydrogen-bond donors (Lipinski definition) is 1. The summed E-state index contributed by atoms with van der Waals surface area (Å²) >= 11 is 9.13. The second-order valence-electron chi connectivity index (χ2n) is 6.06. The van der Waals surface area contributed by atoms with E-state index in [1.807, 2.05) is 24.3 Å². The molecule has 124 valence electrons. The van der Waals surface area contributed by atoms with Gasteiger partial charge in [0.2, 0.25) is 5.13 Å². The number of thiazole rings is 1. The first-order valence-electron chi connectivity index (χ1n) is 7.93. The van der Waals surface area contributed by atoms with Crippen molar-refractivity contribution >= 4 is 39.6 Å². The van der Waals surface area contributed by atoms with E-state index in [4.69, 9.17) is 16.6 Å². The molecule has 1 aliphatic carbocycles. The molecule has 0 spiro atoms. The lowest BCUT2D eigenvalue weighted by Crippen LogP contribution is -2.06. The minimum Gasteiger partial charge on any atom is -0.351 e. The van der Waals surface area contributed by atoms with Crippen molar-refractivity contribution < 1.29 is 0 Å². The molecule has 1 N–H and O–H groups in total. The Balaban J connectivity index is 1.52. The lowest BCUT2D eigenvalue weighted by Gasteiger charge is -2.08. The monoisotopic (exact) mass is 376 g/mol. The number of anilines is 1. The highest BCUT2D eigenvalue weighted by Gasteiger charge is 2.28. The fraction of sp³-hybridized carbons (Fsp3) is 0.353. The zero-order valence-electron chi connectivity index (χ0n) is 13.4. The van der Waals surface area contributed by atoms with Gasteiger partial charge in [-0.3, -0.25) is 0 Å². The first-order valence-corrected chi connectivity index (χ1v) is 9.90. The van der Waals surface area contributed by atoms with E-state index >= 15 is 0 Å². The Kier molecular flexibility index (Phi) is 4.28. The maximum absolute atomic E-state index is 5.97. The van der Waals surface area contributed by atoms with Crippen molar-refractivity contribution in [1.29, 1.82) is 0 Å². The van der Waals surface area contributed by atoms with Gasteiger partial charge in [0, 0.05) is 32.9 Å². The number of rotatable bonds is 5. The van der Waals surface area contributed by atoms with Crippen LogP contribution in [0, 0.1) is 6.92 Å². The van der Waals surface area contributed by atoms with Crippen LogP contribution in [0.4, 0.5) is 5.13 Å². The van der Waals surface area contributed by atoms with Crippen LogP contribution in [-0.2, 0) is 0 Å². The van der Waals surface area contributed by atoms with Crippen LogP contribution in [0.3, 0.4) is 0 Å². The molecule has 4 nitrogen and oxygen atoms in total. The summed E-state index contributed by atoms with van der Waals surface area (Å²) in [6, 6.07) is 7.93. The Bertz CT molecular complexity index is 852. The number of aromatic nitrogens is 3. The first kappa shape index (κ1) is 16.0. The van der Waals surface area contributed by atoms with Crippen LogP contribution in [0.2, 0.25) is 5.02 Å². The van der Waals surface area contributed by atoms with E-state index in [1.165, 1.54) is 29.3 Å². The summed E-state index contributed by atoms with van der Waals surface area (Å²) in [6.45, 7) is 4.22. The number of hydrogen-bond acceptors (Lipinski definition) is 6. The molecule has 0 amide bonds. The molecule has 1 aliphatic rings. The molecule has 1 saturated carbocycles. The zero-order valence-corrected chi connectivity index (χ0v) is 15.8. The van der Waals surface area contributed by atoms with E-state index in [9.17, 15) is 0 Å². The fourth-order valence-corrected chi connectivity index (χ4v) is 4.33. The van der Waals surface area contributed by atoms with Gasteiger partial charge in [-0.15, -0.1) is 11.3 Å². The highest BCUT2D eigenvalue weighted by atomic mass is 35.5. The van der Waals surface area contributed by atoms with E-state index in [1.54, 1.807) is 11.3 Å². The predicted molar refractivity (Wildman–Crippen MR) is 101 cm³/mol. The van der Waals surface area contributed by atoms with Crippen molar-refractivity contribution in [3.63, 3.8) is 0 Å². The van der Waals surface area contributed by atoms with Gasteiger partial charge in [-0.25, -0.2) is 9.97 Å². The molecule has 3 aromatic rings. The minimum absolute atomic E-state index is 0.106. The molecule has 1 atom stereocenters. The van der Waals surface area contributed by atoms with Gasteiger partial charge in [0.1, 0.15) is 10.8 Å². The van der Waals surface area contributed by atoms with Crippen molar-refractivity contribution in [2.24, 2.45) is 0 Å². The van der Waals surface area contributed by atoms with E-state index < -0.39 is 0 Å². The predicted octanol–water partition coefficient (Wildman–Crippen LogP) is 5.67. The molecule has 1 fully saturated rings. The van der Waals surface area contributed by atoms with Gasteiger partial charge in [-0.2, -0.15) is 4.37 Å². The van der Waals surface area contributed by atoms with Crippen LogP contribution >= 0.6 is 34.5 Å². The average molecular weight is 377 g/mol. The lowest BCUT2D eigenvalue weighted by atomic mass is 10.1. The van der Waals surface area contributed by atoms with Crippen molar-refractivity contribution in [2.45, 2.75) is 38.6 Å². The first-order chi connectivity index (χ1) is 11.6. The van der Waals surface area contributed by atoms with Gasteiger partial charge in [0.15, 0.2) is 0 Å². The fourth-order valence-electron chi connectivity index (χ4n) is 2.53. The van der Waals surface area contributed by atoms with E-state index in [-0.39, 0.29) is 6.04 Å². The van der Waals surface area contributed by atoms with Crippen LogP contribution in [-0.4, -0.2) is 14.3 Å². The van der Waals surface area contributed by atoms with Crippen molar-refractivity contribution in [2.75, 3.05) is 5.32 Å². The summed E-state index contributed by atoms with van der Waals surface area (Å²) in [6.07, 6.45) is 2.45. The Labute approximate surface area is 154 Å². The second kappa shape index (κ2) is 6.43. The molecular weight excluding hydrogens is 360 g/mol. The maximum atomic E-state index is 5.97. The van der Waals surface area contributed by atoms with Gasteiger partial charge >= 0.3 is 0 Å². The largest absolute Gasteiger partial charge is 0.351 e. The summed E-state index contributed by atoms with van der Waals surface area (Å²) in [4.78, 5) is 10.6. The molecular formula is C17H17ClN4S2. The molecule has 1 aromatic carbocycles. The van der Waals surface area contributed by atoms with E-state index in [2.05, 4.69) is 28.5 Å². The van der Waals surface area contributed by atoms with Crippen molar-refractivity contribution in [3.05, 3.63) is 45.0 Å². The highest BCUT2D eigenvalue weighted by molar-refractivity contribution is 7.12. The summed E-state index contributed by atoms with van der Waals surface area (Å²) in [5.41, 5.74) is 2.12. The van der Waals surface area contributed by atoms with Crippen molar-refractivity contribution in [3.8, 4) is 11.3 Å². The molecule has 0 radical (unpaired) electrons. The van der Waals surface area contributed by atoms with Crippen LogP contribution in [0.25, 0.3) is 11.3 Å². The Morgan fingerprint density at radius 1 is 1.21 bits per heavy atom. The Hall–Kier alpha value is -1.50. The zero-order chi connectivity index (χ0) is 16.7. The maximum Gasteiger partial charge on any atom is 0.203 e. The molecule has 2 aromatic heterocycles. The van der Waals surface area contributed by atoms with Crippen molar-refractivity contribution in [1.82, 2.24) is 14.3 Å². The summed E-state index contributed by atoms with van der Waals surface area (Å²) < 4.78 is 4.44. The second-order valence-corrected chi connectivity index (χ2v) is 8.48. The third-order valence-electron chi connectivity index (χ3n) is 4.03. The van der Waals surface area contributed by atoms with Gasteiger partial charge in [-0.05, 0) is 38.8 Å². The average Bonchev–Trinajstić information content (AvgIpc) is 3.19. The molecule has 0 saturated heterocycles. The topological polar surface area (TPSA) is 50.7 Å². The number of aryl methyl sites for hydroxylation is 1. The SMILES string of the molecule is Cc1sc(C(C)Nc2nc(C3CC3)ns2)nc1-c1ccc(Cl)cc1. The van der Waals surface area contributed by atoms with Gasteiger partial charge in [0.25, 0.3) is 0 Å².